The Hall–Kier alpha value is -3.86. The van der Waals surface area contributed by atoms with E-state index in [1.807, 2.05) is 24.4 Å². The normalized spacial score (nSPS) is 17.3. The van der Waals surface area contributed by atoms with Crippen LogP contribution in [-0.2, 0) is 29.0 Å². The van der Waals surface area contributed by atoms with E-state index in [1.54, 1.807) is 25.4 Å². The average molecular weight is 535 g/mol. The second-order valence-corrected chi connectivity index (χ2v) is 10.4. The summed E-state index contributed by atoms with van der Waals surface area (Å²) >= 11 is 1.40. The minimum absolute atomic E-state index is 0.0306. The number of carbonyl (C=O) groups is 3. The molecule has 0 unspecified atom stereocenters. The van der Waals surface area contributed by atoms with E-state index in [1.165, 1.54) is 27.8 Å². The number of hydrogen-bond acceptors (Lipinski definition) is 8. The van der Waals surface area contributed by atoms with Gasteiger partial charge in [0.15, 0.2) is 11.6 Å². The molecule has 11 heteroatoms. The van der Waals surface area contributed by atoms with Gasteiger partial charge in [0.2, 0.25) is 5.91 Å². The Morgan fingerprint density at radius 2 is 1.92 bits per heavy atom. The molecule has 9 nitrogen and oxygen atoms in total. The van der Waals surface area contributed by atoms with Gasteiger partial charge in [-0.2, -0.15) is 5.10 Å². The fraction of sp³-hybridized carbons (Fsp3) is 0.370. The number of thiazole rings is 1. The van der Waals surface area contributed by atoms with Crippen LogP contribution in [0.15, 0.2) is 36.0 Å². The summed E-state index contributed by atoms with van der Waals surface area (Å²) in [5.41, 5.74) is 3.33. The second-order valence-electron chi connectivity index (χ2n) is 9.44. The molecule has 1 amide bonds. The third kappa shape index (κ3) is 5.10. The van der Waals surface area contributed by atoms with E-state index >= 15 is 0 Å². The smallest absolute Gasteiger partial charge is 0.245 e. The molecule has 196 valence electrons. The number of rotatable bonds is 8. The largest absolute Gasteiger partial charge is 0.328 e. The Balaban J connectivity index is 1.40. The van der Waals surface area contributed by atoms with Crippen molar-refractivity contribution in [3.63, 3.8) is 0 Å². The number of ketones is 2. The first-order valence-corrected chi connectivity index (χ1v) is 13.3. The van der Waals surface area contributed by atoms with Crippen LogP contribution in [-0.4, -0.2) is 65.9 Å². The van der Waals surface area contributed by atoms with Gasteiger partial charge >= 0.3 is 0 Å². The maximum absolute atomic E-state index is 14.4. The molecule has 1 aliphatic rings. The number of halogens is 1. The molecule has 1 fully saturated rings. The van der Waals surface area contributed by atoms with Crippen LogP contribution in [0.3, 0.4) is 0 Å². The first-order valence-electron chi connectivity index (χ1n) is 12.4. The topological polar surface area (TPSA) is 111 Å². The number of carbonyl (C=O) groups excluding carboxylic acids is 3. The predicted molar refractivity (Wildman–Crippen MR) is 141 cm³/mol. The van der Waals surface area contributed by atoms with E-state index in [9.17, 15) is 18.8 Å². The van der Waals surface area contributed by atoms with Crippen molar-refractivity contribution in [2.45, 2.75) is 58.8 Å². The molecule has 1 saturated heterocycles. The quantitative estimate of drug-likeness (QED) is 0.316. The molecular weight excluding hydrogens is 507 g/mol. The molecule has 3 aromatic heterocycles. The highest BCUT2D eigenvalue weighted by molar-refractivity contribution is 7.09. The Morgan fingerprint density at radius 3 is 2.61 bits per heavy atom. The molecule has 4 aromatic rings. The Kier molecular flexibility index (Phi) is 7.11. The number of amides is 1. The number of aryl methyl sites for hydroxylation is 2. The van der Waals surface area contributed by atoms with E-state index < -0.39 is 18.1 Å². The van der Waals surface area contributed by atoms with Gasteiger partial charge in [0.05, 0.1) is 30.2 Å². The van der Waals surface area contributed by atoms with Crippen molar-refractivity contribution in [3.05, 3.63) is 58.2 Å². The highest BCUT2D eigenvalue weighted by Gasteiger charge is 2.40. The van der Waals surface area contributed by atoms with Crippen LogP contribution < -0.4 is 0 Å². The molecular formula is C27H27FN6O3S. The zero-order chi connectivity index (χ0) is 27.0. The molecule has 5 rings (SSSR count). The first kappa shape index (κ1) is 25.8. The molecule has 2 atom stereocenters. The summed E-state index contributed by atoms with van der Waals surface area (Å²) in [4.78, 5) is 53.0. The van der Waals surface area contributed by atoms with E-state index in [0.717, 1.165) is 23.2 Å². The van der Waals surface area contributed by atoms with Crippen molar-refractivity contribution in [2.24, 2.45) is 0 Å². The first-order chi connectivity index (χ1) is 18.2. The number of hydrogen-bond donors (Lipinski definition) is 0. The van der Waals surface area contributed by atoms with Crippen molar-refractivity contribution in [1.29, 1.82) is 0 Å². The molecule has 0 radical (unpaired) electrons. The Bertz CT molecular complexity index is 1530. The van der Waals surface area contributed by atoms with Crippen LogP contribution in [0.4, 0.5) is 4.39 Å². The van der Waals surface area contributed by atoms with Crippen LogP contribution in [0.25, 0.3) is 22.0 Å². The fourth-order valence-electron chi connectivity index (χ4n) is 4.72. The number of alkyl halides is 1. The van der Waals surface area contributed by atoms with E-state index in [-0.39, 0.29) is 43.2 Å². The van der Waals surface area contributed by atoms with Crippen molar-refractivity contribution in [3.8, 4) is 11.1 Å². The summed E-state index contributed by atoms with van der Waals surface area (Å²) in [5, 5.41) is 7.59. The van der Waals surface area contributed by atoms with Gasteiger partial charge in [-0.05, 0) is 31.0 Å². The second kappa shape index (κ2) is 10.5. The van der Waals surface area contributed by atoms with Gasteiger partial charge in [0.25, 0.3) is 0 Å². The number of nitrogens with zero attached hydrogens (tertiary/aromatic N) is 6. The molecule has 4 heterocycles. The number of likely N-dealkylation sites (tertiary alicyclic amines) is 1. The maximum Gasteiger partial charge on any atom is 0.245 e. The van der Waals surface area contributed by atoms with Gasteiger partial charge in [-0.15, -0.1) is 11.3 Å². The zero-order valence-electron chi connectivity index (χ0n) is 21.3. The summed E-state index contributed by atoms with van der Waals surface area (Å²) < 4.78 is 15.9. The number of fused-ring (bicyclic) bond motifs is 1. The van der Waals surface area contributed by atoms with Crippen molar-refractivity contribution >= 4 is 39.7 Å². The highest BCUT2D eigenvalue weighted by atomic mass is 32.1. The third-order valence-corrected chi connectivity index (χ3v) is 7.61. The van der Waals surface area contributed by atoms with Gasteiger partial charge < -0.3 is 4.90 Å². The summed E-state index contributed by atoms with van der Waals surface area (Å²) in [5.74, 6) is -0.244. The summed E-state index contributed by atoms with van der Waals surface area (Å²) in [7, 11) is 0. The van der Waals surface area contributed by atoms with Crippen molar-refractivity contribution < 1.29 is 18.8 Å². The summed E-state index contributed by atoms with van der Waals surface area (Å²) in [6, 6.07) is 4.61. The lowest BCUT2D eigenvalue weighted by molar-refractivity contribution is -0.138. The summed E-state index contributed by atoms with van der Waals surface area (Å²) in [6.07, 6.45) is 2.94. The van der Waals surface area contributed by atoms with Gasteiger partial charge in [-0.3, -0.25) is 19.1 Å². The minimum atomic E-state index is -1.28. The summed E-state index contributed by atoms with van der Waals surface area (Å²) in [6.45, 7) is 4.84. The van der Waals surface area contributed by atoms with Gasteiger partial charge in [-0.1, -0.05) is 13.0 Å². The SMILES string of the molecule is CCc1csc(CC(=O)[C@@H]2C[C@@H](F)CN2C(=O)Cn2nc(C(C)=O)c3cc(-c4cnc(C)nc4)ccc32)n1. The molecule has 0 bridgehead atoms. The molecule has 0 aliphatic carbocycles. The third-order valence-electron chi connectivity index (χ3n) is 6.71. The Labute approximate surface area is 222 Å². The lowest BCUT2D eigenvalue weighted by Gasteiger charge is -2.23. The van der Waals surface area contributed by atoms with E-state index in [4.69, 9.17) is 0 Å². The highest BCUT2D eigenvalue weighted by Crippen LogP contribution is 2.28. The van der Waals surface area contributed by atoms with Gasteiger partial charge in [0, 0.05) is 42.1 Å². The molecule has 0 N–H and O–H groups in total. The predicted octanol–water partition coefficient (Wildman–Crippen LogP) is 3.77. The van der Waals surface area contributed by atoms with Crippen molar-refractivity contribution in [2.75, 3.05) is 6.54 Å². The maximum atomic E-state index is 14.4. The minimum Gasteiger partial charge on any atom is -0.328 e. The van der Waals surface area contributed by atoms with Gasteiger partial charge in [0.1, 0.15) is 29.2 Å². The van der Waals surface area contributed by atoms with E-state index in [0.29, 0.717) is 21.7 Å². The number of benzene rings is 1. The fourth-order valence-corrected chi connectivity index (χ4v) is 5.61. The van der Waals surface area contributed by atoms with Gasteiger partial charge in [-0.25, -0.2) is 19.3 Å². The zero-order valence-corrected chi connectivity index (χ0v) is 22.2. The lowest BCUT2D eigenvalue weighted by Crippen LogP contribution is -2.43. The monoisotopic (exact) mass is 534 g/mol. The standard InChI is InChI=1S/C27H27FN6O3S/c1-4-20-14-38-25(31-20)9-24(36)23-8-19(28)12-33(23)26(37)13-34-22-6-5-17(18-10-29-16(3)30-11-18)7-21(22)27(32-34)15(2)35/h5-7,10-11,14,19,23H,4,8-9,12-13H2,1-3H3/t19-,23+/m1/s1. The lowest BCUT2D eigenvalue weighted by atomic mass is 10.0. The molecule has 0 saturated carbocycles. The average Bonchev–Trinajstić information content (AvgIpc) is 3.61. The van der Waals surface area contributed by atoms with Crippen LogP contribution in [0.1, 0.15) is 47.3 Å². The van der Waals surface area contributed by atoms with Crippen LogP contribution in [0, 0.1) is 6.92 Å². The molecule has 1 aromatic carbocycles. The molecule has 38 heavy (non-hydrogen) atoms. The van der Waals surface area contributed by atoms with Crippen molar-refractivity contribution in [1.82, 2.24) is 29.6 Å². The Morgan fingerprint density at radius 1 is 1.16 bits per heavy atom. The molecule has 0 spiro atoms. The number of aromatic nitrogens is 5. The van der Waals surface area contributed by atoms with Crippen LogP contribution in [0.5, 0.6) is 0 Å². The van der Waals surface area contributed by atoms with Crippen LogP contribution in [0.2, 0.25) is 0 Å². The molecule has 1 aliphatic heterocycles. The van der Waals surface area contributed by atoms with Crippen LogP contribution >= 0.6 is 11.3 Å². The van der Waals surface area contributed by atoms with E-state index in [2.05, 4.69) is 20.1 Å². The number of Topliss-reactive ketones (excluding diaryl/α,β-unsaturated/α-hetero) is 2.